The number of nitrogens with one attached hydrogen (secondary N) is 1. The molecule has 0 bridgehead atoms. The summed E-state index contributed by atoms with van der Waals surface area (Å²) >= 11 is 3.39. The van der Waals surface area contributed by atoms with Gasteiger partial charge in [-0.15, -0.1) is 0 Å². The molecule has 1 aliphatic heterocycles. The first kappa shape index (κ1) is 14.0. The van der Waals surface area contributed by atoms with E-state index < -0.39 is 5.92 Å². The Labute approximate surface area is 130 Å². The van der Waals surface area contributed by atoms with Crippen molar-refractivity contribution in [3.05, 3.63) is 46.1 Å². The highest BCUT2D eigenvalue weighted by Crippen LogP contribution is 2.32. The topological polar surface area (TPSA) is 64.0 Å². The molecule has 0 aliphatic carbocycles. The van der Waals surface area contributed by atoms with Gasteiger partial charge in [0.2, 0.25) is 5.91 Å². The average Bonchev–Trinajstić information content (AvgIpc) is 2.85. The van der Waals surface area contributed by atoms with Crippen molar-refractivity contribution in [3.8, 4) is 0 Å². The summed E-state index contributed by atoms with van der Waals surface area (Å²) in [5.41, 5.74) is 1.43. The van der Waals surface area contributed by atoms with Crippen LogP contribution in [-0.2, 0) is 4.79 Å². The normalized spacial score (nSPS) is 17.8. The Kier molecular flexibility index (Phi) is 3.41. The van der Waals surface area contributed by atoms with Crippen LogP contribution in [0.3, 0.4) is 0 Å². The zero-order valence-corrected chi connectivity index (χ0v) is 13.2. The fourth-order valence-corrected chi connectivity index (χ4v) is 2.87. The molecule has 0 spiro atoms. The molecule has 1 N–H and O–H groups in total. The highest BCUT2D eigenvalue weighted by molar-refractivity contribution is 9.10. The molecule has 1 amide bonds. The molecule has 0 radical (unpaired) electrons. The highest BCUT2D eigenvalue weighted by Gasteiger charge is 2.37. The van der Waals surface area contributed by atoms with Gasteiger partial charge in [0.25, 0.3) is 5.91 Å². The van der Waals surface area contributed by atoms with E-state index in [1.165, 1.54) is 4.68 Å². The second kappa shape index (κ2) is 5.11. The third kappa shape index (κ3) is 2.29. The fourth-order valence-electron chi connectivity index (χ4n) is 2.35. The maximum Gasteiger partial charge on any atom is 0.265 e. The van der Waals surface area contributed by atoms with Crippen LogP contribution in [0.2, 0.25) is 0 Å². The molecule has 1 aliphatic rings. The lowest BCUT2D eigenvalue weighted by atomic mass is 9.96. The van der Waals surface area contributed by atoms with Gasteiger partial charge in [-0.25, -0.2) is 0 Å². The van der Waals surface area contributed by atoms with Gasteiger partial charge >= 0.3 is 0 Å². The molecule has 2 heterocycles. The molecule has 5 nitrogen and oxygen atoms in total. The Bertz CT molecular complexity index is 736. The summed E-state index contributed by atoms with van der Waals surface area (Å²) in [6.45, 7) is 3.98. The number of halogens is 1. The molecule has 2 aromatic rings. The van der Waals surface area contributed by atoms with E-state index in [1.807, 2.05) is 26.0 Å². The SMILES string of the molecule is CC(C)c1cc2n(n1)C(=O)C(c1ccccc1Br)C(=O)N2. The molecule has 1 unspecified atom stereocenters. The number of aromatic nitrogens is 2. The third-order valence-electron chi connectivity index (χ3n) is 3.51. The van der Waals surface area contributed by atoms with Crippen LogP contribution in [0.5, 0.6) is 0 Å². The molecule has 21 heavy (non-hydrogen) atoms. The van der Waals surface area contributed by atoms with E-state index >= 15 is 0 Å². The molecule has 6 heteroatoms. The van der Waals surface area contributed by atoms with Crippen molar-refractivity contribution in [3.63, 3.8) is 0 Å². The summed E-state index contributed by atoms with van der Waals surface area (Å²) in [7, 11) is 0. The number of amides is 1. The van der Waals surface area contributed by atoms with Gasteiger partial charge in [-0.05, 0) is 17.5 Å². The molecule has 1 aromatic heterocycles. The molecular formula is C15H14BrN3O2. The van der Waals surface area contributed by atoms with Crippen LogP contribution in [0.4, 0.5) is 5.82 Å². The van der Waals surface area contributed by atoms with Crippen molar-refractivity contribution < 1.29 is 9.59 Å². The summed E-state index contributed by atoms with van der Waals surface area (Å²) in [6, 6.07) is 8.97. The Morgan fingerprint density at radius 1 is 1.29 bits per heavy atom. The Balaban J connectivity index is 2.07. The third-order valence-corrected chi connectivity index (χ3v) is 4.23. The summed E-state index contributed by atoms with van der Waals surface area (Å²) < 4.78 is 2.03. The predicted molar refractivity (Wildman–Crippen MR) is 82.5 cm³/mol. The summed E-state index contributed by atoms with van der Waals surface area (Å²) in [6.07, 6.45) is 0. The molecule has 1 atom stereocenters. The molecule has 0 saturated carbocycles. The Morgan fingerprint density at radius 3 is 2.67 bits per heavy atom. The Morgan fingerprint density at radius 2 is 2.00 bits per heavy atom. The number of nitrogens with zero attached hydrogens (tertiary/aromatic N) is 2. The van der Waals surface area contributed by atoms with Crippen molar-refractivity contribution >= 4 is 33.6 Å². The van der Waals surface area contributed by atoms with Gasteiger partial charge in [0.1, 0.15) is 11.7 Å². The van der Waals surface area contributed by atoms with E-state index in [9.17, 15) is 9.59 Å². The fraction of sp³-hybridized carbons (Fsp3) is 0.267. The van der Waals surface area contributed by atoms with Crippen LogP contribution in [0.25, 0.3) is 0 Å². The number of carbonyl (C=O) groups is 2. The second-order valence-corrected chi connectivity index (χ2v) is 6.16. The number of hydrogen-bond donors (Lipinski definition) is 1. The summed E-state index contributed by atoms with van der Waals surface area (Å²) in [4.78, 5) is 24.9. The molecular weight excluding hydrogens is 334 g/mol. The first-order valence-corrected chi connectivity index (χ1v) is 7.48. The standard InChI is InChI=1S/C15H14BrN3O2/c1-8(2)11-7-12-17-14(20)13(15(21)19(12)18-11)9-5-3-4-6-10(9)16/h3-8,13H,1-2H3,(H,17,20). The van der Waals surface area contributed by atoms with E-state index in [0.29, 0.717) is 11.4 Å². The van der Waals surface area contributed by atoms with Crippen LogP contribution in [0.15, 0.2) is 34.8 Å². The predicted octanol–water partition coefficient (Wildman–Crippen LogP) is 3.15. The van der Waals surface area contributed by atoms with Gasteiger partial charge in [-0.1, -0.05) is 48.0 Å². The van der Waals surface area contributed by atoms with E-state index in [4.69, 9.17) is 0 Å². The molecule has 108 valence electrons. The average molecular weight is 348 g/mol. The van der Waals surface area contributed by atoms with Crippen molar-refractivity contribution in [1.29, 1.82) is 0 Å². The van der Waals surface area contributed by atoms with Crippen LogP contribution in [-0.4, -0.2) is 21.6 Å². The molecule has 1 aromatic carbocycles. The number of anilines is 1. The number of fused-ring (bicyclic) bond motifs is 1. The quantitative estimate of drug-likeness (QED) is 0.848. The Hall–Kier alpha value is -1.95. The number of benzene rings is 1. The molecule has 0 fully saturated rings. The smallest absolute Gasteiger partial charge is 0.265 e. The van der Waals surface area contributed by atoms with Crippen LogP contribution < -0.4 is 5.32 Å². The number of carbonyl (C=O) groups excluding carboxylic acids is 2. The minimum absolute atomic E-state index is 0.190. The highest BCUT2D eigenvalue weighted by atomic mass is 79.9. The minimum Gasteiger partial charge on any atom is -0.309 e. The first-order chi connectivity index (χ1) is 9.99. The zero-order valence-electron chi connectivity index (χ0n) is 11.6. The largest absolute Gasteiger partial charge is 0.309 e. The van der Waals surface area contributed by atoms with E-state index in [0.717, 1.165) is 10.2 Å². The molecule has 0 saturated heterocycles. The lowest BCUT2D eigenvalue weighted by Crippen LogP contribution is -2.38. The van der Waals surface area contributed by atoms with E-state index in [1.54, 1.807) is 18.2 Å². The lowest BCUT2D eigenvalue weighted by Gasteiger charge is -2.22. The van der Waals surface area contributed by atoms with Crippen molar-refractivity contribution in [2.24, 2.45) is 0 Å². The minimum atomic E-state index is -0.881. The number of hydrogen-bond acceptors (Lipinski definition) is 3. The number of rotatable bonds is 2. The van der Waals surface area contributed by atoms with Crippen LogP contribution in [0, 0.1) is 0 Å². The van der Waals surface area contributed by atoms with Gasteiger partial charge in [0, 0.05) is 10.5 Å². The monoisotopic (exact) mass is 347 g/mol. The van der Waals surface area contributed by atoms with Gasteiger partial charge in [-0.3, -0.25) is 9.59 Å². The van der Waals surface area contributed by atoms with Crippen LogP contribution in [0.1, 0.15) is 41.7 Å². The maximum absolute atomic E-state index is 12.6. The van der Waals surface area contributed by atoms with E-state index in [-0.39, 0.29) is 17.7 Å². The first-order valence-electron chi connectivity index (χ1n) is 6.68. The van der Waals surface area contributed by atoms with Gasteiger partial charge in [0.15, 0.2) is 0 Å². The zero-order chi connectivity index (χ0) is 15.1. The van der Waals surface area contributed by atoms with Crippen molar-refractivity contribution in [1.82, 2.24) is 9.78 Å². The van der Waals surface area contributed by atoms with Gasteiger partial charge < -0.3 is 5.32 Å². The van der Waals surface area contributed by atoms with Gasteiger partial charge in [0.05, 0.1) is 5.69 Å². The summed E-state index contributed by atoms with van der Waals surface area (Å²) in [5.74, 6) is -0.901. The van der Waals surface area contributed by atoms with Crippen molar-refractivity contribution in [2.45, 2.75) is 25.7 Å². The second-order valence-electron chi connectivity index (χ2n) is 5.30. The van der Waals surface area contributed by atoms with E-state index in [2.05, 4.69) is 26.3 Å². The summed E-state index contributed by atoms with van der Waals surface area (Å²) in [5, 5.41) is 7.07. The lowest BCUT2D eigenvalue weighted by molar-refractivity contribution is -0.117. The van der Waals surface area contributed by atoms with Crippen molar-refractivity contribution in [2.75, 3.05) is 5.32 Å². The van der Waals surface area contributed by atoms with Gasteiger partial charge in [-0.2, -0.15) is 9.78 Å². The maximum atomic E-state index is 12.6. The molecule has 3 rings (SSSR count). The van der Waals surface area contributed by atoms with Crippen LogP contribution >= 0.6 is 15.9 Å².